The van der Waals surface area contributed by atoms with Crippen molar-refractivity contribution in [2.75, 3.05) is 6.54 Å². The van der Waals surface area contributed by atoms with Crippen molar-refractivity contribution in [2.24, 2.45) is 17.8 Å². The van der Waals surface area contributed by atoms with E-state index in [2.05, 4.69) is 10.6 Å². The second-order valence-electron chi connectivity index (χ2n) is 10.4. The molecule has 4 bridgehead atoms. The molecule has 2 N–H and O–H groups in total. The topological polar surface area (TPSA) is 105 Å². The molecule has 0 radical (unpaired) electrons. The van der Waals surface area contributed by atoms with Crippen LogP contribution < -0.4 is 10.6 Å². The number of amides is 4. The molecule has 4 amide bonds. The third-order valence-electron chi connectivity index (χ3n) is 7.31. The highest BCUT2D eigenvalue weighted by Gasteiger charge is 2.52. The van der Waals surface area contributed by atoms with Crippen molar-refractivity contribution in [1.29, 1.82) is 0 Å². The van der Waals surface area contributed by atoms with Crippen molar-refractivity contribution in [2.45, 2.75) is 89.3 Å². The maximum Gasteiger partial charge on any atom is 0.325 e. The molecular weight excluding hydrogens is 386 g/mol. The minimum absolute atomic E-state index is 0.0481. The number of carbonyl (C=O) groups excluding carboxylic acids is 4. The summed E-state index contributed by atoms with van der Waals surface area (Å²) in [6.07, 6.45) is 6.55. The molecule has 1 atom stereocenters. The lowest BCUT2D eigenvalue weighted by atomic mass is 9.53. The fourth-order valence-corrected chi connectivity index (χ4v) is 6.34. The monoisotopic (exact) mass is 419 g/mol. The number of esters is 1. The van der Waals surface area contributed by atoms with Gasteiger partial charge in [-0.1, -0.05) is 0 Å². The SMILES string of the molecule is C[C@@H](OC(=O)CCCN1C(=O)NC(C)(C)C1=O)C(=O)NC12CC3CC(CC(C3)C1)C2. The molecule has 8 nitrogen and oxygen atoms in total. The van der Waals surface area contributed by atoms with E-state index in [0.29, 0.717) is 6.42 Å². The predicted octanol–water partition coefficient (Wildman–Crippen LogP) is 2.11. The van der Waals surface area contributed by atoms with Crippen LogP contribution in [0.15, 0.2) is 0 Å². The highest BCUT2D eigenvalue weighted by Crippen LogP contribution is 2.55. The molecule has 8 heteroatoms. The summed E-state index contributed by atoms with van der Waals surface area (Å²) >= 11 is 0. The van der Waals surface area contributed by atoms with Gasteiger partial charge in [0.15, 0.2) is 6.10 Å². The van der Waals surface area contributed by atoms with Gasteiger partial charge in [0.2, 0.25) is 0 Å². The summed E-state index contributed by atoms with van der Waals surface area (Å²) in [7, 11) is 0. The molecule has 0 unspecified atom stereocenters. The Labute approximate surface area is 177 Å². The van der Waals surface area contributed by atoms with Gasteiger partial charge in [0, 0.05) is 18.5 Å². The minimum atomic E-state index is -0.915. The molecule has 166 valence electrons. The molecule has 0 aromatic carbocycles. The first kappa shape index (κ1) is 21.1. The Morgan fingerprint density at radius 2 is 1.70 bits per heavy atom. The van der Waals surface area contributed by atoms with Crippen LogP contribution in [0.1, 0.15) is 72.1 Å². The van der Waals surface area contributed by atoms with Crippen LogP contribution in [0.4, 0.5) is 4.79 Å². The Balaban J connectivity index is 1.22. The molecule has 4 aliphatic carbocycles. The predicted molar refractivity (Wildman–Crippen MR) is 108 cm³/mol. The smallest absolute Gasteiger partial charge is 0.325 e. The van der Waals surface area contributed by atoms with Crippen molar-refractivity contribution in [1.82, 2.24) is 15.5 Å². The number of nitrogens with one attached hydrogen (secondary N) is 2. The van der Waals surface area contributed by atoms with Gasteiger partial charge in [-0.25, -0.2) is 4.79 Å². The molecule has 1 heterocycles. The van der Waals surface area contributed by atoms with E-state index in [4.69, 9.17) is 4.74 Å². The molecule has 5 aliphatic rings. The van der Waals surface area contributed by atoms with Gasteiger partial charge < -0.3 is 15.4 Å². The number of carbonyl (C=O) groups is 4. The Morgan fingerprint density at radius 3 is 2.20 bits per heavy atom. The van der Waals surface area contributed by atoms with Gasteiger partial charge in [0.1, 0.15) is 5.54 Å². The molecule has 1 aliphatic heterocycles. The van der Waals surface area contributed by atoms with Gasteiger partial charge >= 0.3 is 12.0 Å². The highest BCUT2D eigenvalue weighted by molar-refractivity contribution is 6.06. The summed E-state index contributed by atoms with van der Waals surface area (Å²) in [5.74, 6) is 1.17. The van der Waals surface area contributed by atoms with E-state index in [1.54, 1.807) is 20.8 Å². The average molecular weight is 420 g/mol. The average Bonchev–Trinajstić information content (AvgIpc) is 2.81. The molecule has 0 aromatic heterocycles. The number of hydrogen-bond acceptors (Lipinski definition) is 5. The van der Waals surface area contributed by atoms with Crippen LogP contribution in [-0.2, 0) is 19.1 Å². The van der Waals surface area contributed by atoms with E-state index in [-0.39, 0.29) is 30.3 Å². The standard InChI is InChI=1S/C22H33N3O5/c1-13(18(27)23-22-10-14-7-15(11-22)9-16(8-14)12-22)30-17(26)5-4-6-25-19(28)21(2,3)24-20(25)29/h13-16H,4-12H2,1-3H3,(H,23,27)(H,24,29)/t13-,14?,15?,16?,22?/m1/s1. The summed E-state index contributed by atoms with van der Waals surface area (Å²) in [4.78, 5) is 50.0. The zero-order valence-electron chi connectivity index (χ0n) is 18.2. The van der Waals surface area contributed by atoms with Crippen molar-refractivity contribution in [3.63, 3.8) is 0 Å². The van der Waals surface area contributed by atoms with Gasteiger partial charge in [0.25, 0.3) is 11.8 Å². The molecule has 1 saturated heterocycles. The lowest BCUT2D eigenvalue weighted by Crippen LogP contribution is -2.61. The van der Waals surface area contributed by atoms with E-state index in [1.165, 1.54) is 19.3 Å². The number of nitrogens with zero attached hydrogens (tertiary/aromatic N) is 1. The van der Waals surface area contributed by atoms with Crippen molar-refractivity contribution < 1.29 is 23.9 Å². The largest absolute Gasteiger partial charge is 0.453 e. The fourth-order valence-electron chi connectivity index (χ4n) is 6.34. The van der Waals surface area contributed by atoms with Crippen LogP contribution in [0.25, 0.3) is 0 Å². The molecule has 5 fully saturated rings. The van der Waals surface area contributed by atoms with Crippen LogP contribution in [0.5, 0.6) is 0 Å². The highest BCUT2D eigenvalue weighted by atomic mass is 16.5. The van der Waals surface area contributed by atoms with Gasteiger partial charge in [-0.3, -0.25) is 19.3 Å². The number of urea groups is 1. The van der Waals surface area contributed by atoms with E-state index in [0.717, 1.165) is 41.9 Å². The van der Waals surface area contributed by atoms with Crippen LogP contribution in [-0.4, -0.2) is 52.4 Å². The minimum Gasteiger partial charge on any atom is -0.453 e. The second-order valence-corrected chi connectivity index (χ2v) is 10.4. The van der Waals surface area contributed by atoms with Crippen molar-refractivity contribution in [3.05, 3.63) is 0 Å². The summed E-state index contributed by atoms with van der Waals surface area (Å²) in [5, 5.41) is 5.84. The van der Waals surface area contributed by atoms with Gasteiger partial charge in [-0.15, -0.1) is 0 Å². The molecule has 30 heavy (non-hydrogen) atoms. The third kappa shape index (κ3) is 4.05. The molecule has 0 spiro atoms. The van der Waals surface area contributed by atoms with Crippen LogP contribution >= 0.6 is 0 Å². The molecular formula is C22H33N3O5. The van der Waals surface area contributed by atoms with Crippen molar-refractivity contribution >= 4 is 23.8 Å². The molecule has 0 aromatic rings. The maximum atomic E-state index is 12.7. The Bertz CT molecular complexity index is 727. The summed E-state index contributed by atoms with van der Waals surface area (Å²) in [5.41, 5.74) is -1.02. The second kappa shape index (κ2) is 7.54. The quantitative estimate of drug-likeness (QED) is 0.486. The Kier molecular flexibility index (Phi) is 5.31. The van der Waals surface area contributed by atoms with E-state index in [9.17, 15) is 19.2 Å². The summed E-state index contributed by atoms with van der Waals surface area (Å²) < 4.78 is 5.33. The third-order valence-corrected chi connectivity index (χ3v) is 7.31. The fraction of sp³-hybridized carbons (Fsp3) is 0.818. The lowest BCUT2D eigenvalue weighted by molar-refractivity contribution is -0.156. The van der Waals surface area contributed by atoms with E-state index in [1.807, 2.05) is 0 Å². The zero-order valence-corrected chi connectivity index (χ0v) is 18.2. The van der Waals surface area contributed by atoms with Gasteiger partial charge in [-0.05, 0) is 83.5 Å². The number of imide groups is 1. The summed E-state index contributed by atoms with van der Waals surface area (Å²) in [6.45, 7) is 5.04. The van der Waals surface area contributed by atoms with Crippen LogP contribution in [0.3, 0.4) is 0 Å². The maximum absolute atomic E-state index is 12.7. The first-order valence-corrected chi connectivity index (χ1v) is 11.2. The first-order valence-electron chi connectivity index (χ1n) is 11.2. The van der Waals surface area contributed by atoms with E-state index < -0.39 is 23.6 Å². The molecule has 5 rings (SSSR count). The van der Waals surface area contributed by atoms with E-state index >= 15 is 0 Å². The normalized spacial score (nSPS) is 34.6. The number of rotatable bonds is 7. The van der Waals surface area contributed by atoms with Gasteiger partial charge in [-0.2, -0.15) is 0 Å². The summed E-state index contributed by atoms with van der Waals surface area (Å²) in [6, 6.07) is -0.443. The van der Waals surface area contributed by atoms with Crippen LogP contribution in [0.2, 0.25) is 0 Å². The number of ether oxygens (including phenoxy) is 1. The van der Waals surface area contributed by atoms with Gasteiger partial charge in [0.05, 0.1) is 0 Å². The first-order chi connectivity index (χ1) is 14.1. The zero-order chi connectivity index (χ0) is 21.7. The van der Waals surface area contributed by atoms with Crippen molar-refractivity contribution in [3.8, 4) is 0 Å². The Morgan fingerprint density at radius 1 is 1.13 bits per heavy atom. The van der Waals surface area contributed by atoms with Crippen LogP contribution in [0, 0.1) is 17.8 Å². The molecule has 4 saturated carbocycles. The lowest BCUT2D eigenvalue weighted by Gasteiger charge is -2.57. The Hall–Kier alpha value is -2.12. The number of hydrogen-bond donors (Lipinski definition) is 2.